The van der Waals surface area contributed by atoms with Gasteiger partial charge in [0, 0.05) is 183 Å². The molecule has 98 heavy (non-hydrogen) atoms. The lowest BCUT2D eigenvalue weighted by Gasteiger charge is -2.15. The Labute approximate surface area is 577 Å². The zero-order valence-corrected chi connectivity index (χ0v) is 53.6. The summed E-state index contributed by atoms with van der Waals surface area (Å²) in [6.45, 7) is 17.4. The number of pyridine rings is 2. The van der Waals surface area contributed by atoms with Crippen LogP contribution in [0.5, 0.6) is 23.0 Å². The molecule has 4 aromatic rings. The Kier molecular flexibility index (Phi) is 44.2. The number of aryl methyl sites for hydroxylation is 1. The van der Waals surface area contributed by atoms with Crippen LogP contribution in [0.1, 0.15) is 82.8 Å². The van der Waals surface area contributed by atoms with Gasteiger partial charge in [0.2, 0.25) is 11.9 Å². The van der Waals surface area contributed by atoms with E-state index in [4.69, 9.17) is 45.3 Å². The van der Waals surface area contributed by atoms with Gasteiger partial charge in [-0.1, -0.05) is 53.0 Å². The number of nitrogen functional groups attached to an aromatic ring is 4. The number of nitrogens with two attached hydrogens (primary N) is 4. The fourth-order valence-corrected chi connectivity index (χ4v) is 5.12. The summed E-state index contributed by atoms with van der Waals surface area (Å²) in [6, 6.07) is 3.73. The van der Waals surface area contributed by atoms with Crippen LogP contribution in [0.4, 0.5) is 23.5 Å². The highest BCUT2D eigenvalue weighted by atomic mass is 16.5. The monoisotopic (exact) mass is 1250 g/mol. The molecule has 0 saturated heterocycles. The van der Waals surface area contributed by atoms with Crippen molar-refractivity contribution in [2.24, 2.45) is 0 Å². The molecule has 0 unspecified atom stereocenters. The highest BCUT2D eigenvalue weighted by Gasteiger charge is 2.14. The molecule has 450 valence electrons. The van der Waals surface area contributed by atoms with Crippen molar-refractivity contribution in [2.75, 3.05) is 22.9 Å². The maximum atomic E-state index is 5.85. The topological polar surface area (TPSA) is 200 Å². The predicted octanol–water partition coefficient (Wildman–Crippen LogP) is 6.48. The smallest absolute Gasteiger partial charge is 0.222 e. The van der Waals surface area contributed by atoms with E-state index in [1.165, 1.54) is 12.4 Å². The summed E-state index contributed by atoms with van der Waals surface area (Å²) in [7, 11) is 0. The van der Waals surface area contributed by atoms with E-state index in [-0.39, 0.29) is 29.5 Å². The largest absolute Gasteiger partial charge is 0.451 e. The van der Waals surface area contributed by atoms with Gasteiger partial charge in [0.15, 0.2) is 23.1 Å². The van der Waals surface area contributed by atoms with Crippen molar-refractivity contribution >= 4 is 29.6 Å². The molecule has 4 rings (SSSR count). The highest BCUT2D eigenvalue weighted by Crippen LogP contribution is 2.34. The SMILES string of the molecule is C#CC#CC#CC#CC#CC#CC#CC.C#CC#CC#CC#CC#CC#CC#CC#CC#CC#CC#CC#CC#CC#CC#CC#CC#CC#CC#CC#CC#CC.C=Cc1cc(Oc2cnc(N)nc2N)c(C(C)C)cn1.CCc1cc(Oc2cnc(N)nc2N)c(C(C)C)cn1. The first-order valence-corrected chi connectivity index (χ1v) is 27.3. The van der Waals surface area contributed by atoms with Gasteiger partial charge in [0.1, 0.15) is 11.5 Å². The second kappa shape index (κ2) is 55.0. The third-order valence-corrected chi connectivity index (χ3v) is 9.12. The fraction of sp³-hybridized carbons (Fsp3) is 0.116. The summed E-state index contributed by atoms with van der Waals surface area (Å²) in [5.41, 5.74) is 26.2. The van der Waals surface area contributed by atoms with E-state index >= 15 is 0 Å². The number of nitrogens with zero attached hydrogens (tertiary/aromatic N) is 6. The fourth-order valence-electron chi connectivity index (χ4n) is 5.12. The first-order valence-electron chi connectivity index (χ1n) is 27.3. The first-order chi connectivity index (χ1) is 47.8. The van der Waals surface area contributed by atoms with Crippen LogP contribution in [-0.2, 0) is 6.42 Å². The minimum absolute atomic E-state index is 0.112. The van der Waals surface area contributed by atoms with Gasteiger partial charge in [0.05, 0.1) is 18.1 Å². The van der Waals surface area contributed by atoms with Crippen molar-refractivity contribution in [1.82, 2.24) is 29.9 Å². The van der Waals surface area contributed by atoms with Crippen LogP contribution < -0.4 is 32.4 Å². The molecule has 0 aliphatic rings. The van der Waals surface area contributed by atoms with E-state index < -0.39 is 0 Å². The molecule has 0 fully saturated rings. The number of aromatic nitrogens is 6. The summed E-state index contributed by atoms with van der Waals surface area (Å²) in [5, 5.41) is 0. The lowest BCUT2D eigenvalue weighted by atomic mass is 10.0. The third kappa shape index (κ3) is 41.7. The Balaban J connectivity index is 0.000000721. The number of terminal acetylenes is 2. The average Bonchev–Trinajstić information content (AvgIpc) is 0.855. The number of hydrogen-bond donors (Lipinski definition) is 4. The molecule has 0 spiro atoms. The molecule has 12 nitrogen and oxygen atoms in total. The number of ether oxygens (including phenoxy) is 2. The second-order valence-electron chi connectivity index (χ2n) is 16.4. The van der Waals surface area contributed by atoms with Crippen molar-refractivity contribution in [3.05, 3.63) is 66.0 Å². The van der Waals surface area contributed by atoms with E-state index in [1.54, 1.807) is 32.2 Å². The van der Waals surface area contributed by atoms with E-state index in [1.807, 2.05) is 19.2 Å². The second-order valence-corrected chi connectivity index (χ2v) is 16.4. The molecular weight excluding hydrogens is 1210 g/mol. The Bertz CT molecular complexity index is 5650. The van der Waals surface area contributed by atoms with Crippen molar-refractivity contribution in [2.45, 2.75) is 66.7 Å². The molecule has 0 atom stereocenters. The molecule has 0 aliphatic carbocycles. The normalized spacial score (nSPS) is 6.64. The predicted molar refractivity (Wildman–Crippen MR) is 389 cm³/mol. The molecule has 8 N–H and O–H groups in total. The quantitative estimate of drug-likeness (QED) is 0.140. The maximum absolute atomic E-state index is 5.85. The lowest BCUT2D eigenvalue weighted by molar-refractivity contribution is 0.469. The summed E-state index contributed by atoms with van der Waals surface area (Å²) in [5.74, 6) is 137. The molecule has 12 heteroatoms. The summed E-state index contributed by atoms with van der Waals surface area (Å²) < 4.78 is 11.7. The molecular formula is C86H44N10O2. The zero-order chi connectivity index (χ0) is 71.6. The van der Waals surface area contributed by atoms with Gasteiger partial charge < -0.3 is 32.4 Å². The third-order valence-electron chi connectivity index (χ3n) is 9.12. The summed E-state index contributed by atoms with van der Waals surface area (Å²) in [6.07, 6.45) is 18.8. The van der Waals surface area contributed by atoms with E-state index in [0.717, 1.165) is 34.7 Å². The van der Waals surface area contributed by atoms with Gasteiger partial charge in [-0.25, -0.2) is 9.97 Å². The number of anilines is 4. The van der Waals surface area contributed by atoms with Gasteiger partial charge in [-0.05, 0) is 204 Å². The molecule has 0 bridgehead atoms. The maximum Gasteiger partial charge on any atom is 0.222 e. The van der Waals surface area contributed by atoms with E-state index in [9.17, 15) is 0 Å². The van der Waals surface area contributed by atoms with Gasteiger partial charge in [-0.3, -0.25) is 9.97 Å². The molecule has 0 aromatic carbocycles. The number of hydrogen-bond acceptors (Lipinski definition) is 12. The van der Waals surface area contributed by atoms with Crippen LogP contribution in [0.25, 0.3) is 6.08 Å². The Morgan fingerprint density at radius 3 is 0.827 bits per heavy atom. The van der Waals surface area contributed by atoms with Crippen molar-refractivity contribution in [1.29, 1.82) is 0 Å². The molecule has 4 heterocycles. The Morgan fingerprint density at radius 1 is 0.357 bits per heavy atom. The highest BCUT2D eigenvalue weighted by molar-refractivity contribution is 5.56. The zero-order valence-electron chi connectivity index (χ0n) is 53.6. The van der Waals surface area contributed by atoms with Crippen molar-refractivity contribution in [3.8, 4) is 356 Å². The van der Waals surface area contributed by atoms with E-state index in [0.29, 0.717) is 23.2 Å². The minimum atomic E-state index is 0.112. The molecule has 0 aliphatic heterocycles. The van der Waals surface area contributed by atoms with Crippen LogP contribution in [0.2, 0.25) is 0 Å². The van der Waals surface area contributed by atoms with Crippen LogP contribution in [0, 0.1) is 333 Å². The Morgan fingerprint density at radius 2 is 0.602 bits per heavy atom. The van der Waals surface area contributed by atoms with Crippen LogP contribution >= 0.6 is 0 Å². The molecule has 0 saturated carbocycles. The Hall–Kier alpha value is -17.3. The number of rotatable bonds is 8. The lowest BCUT2D eigenvalue weighted by Crippen LogP contribution is -2.03. The van der Waals surface area contributed by atoms with Crippen molar-refractivity contribution < 1.29 is 9.47 Å². The van der Waals surface area contributed by atoms with Crippen molar-refractivity contribution in [3.63, 3.8) is 0 Å². The first kappa shape index (κ1) is 78.7. The average molecular weight is 1250 g/mol. The van der Waals surface area contributed by atoms with Gasteiger partial charge in [-0.15, -0.1) is 12.8 Å². The molecule has 4 aromatic heterocycles. The molecule has 0 amide bonds. The minimum Gasteiger partial charge on any atom is -0.451 e. The van der Waals surface area contributed by atoms with Crippen LogP contribution in [0.15, 0.2) is 43.5 Å². The standard InChI is InChI=1S/C43H4.C15H4.C14H19N5O.C14H17N5O/c1-3-5-7-9-11-13-15-17-19-21-23-25-27-29-31-33-35-37-39-41-43-42-40-38-36-34-32-30-28-26-24-22-20-18-16-14-12-10-8-6-4-2;1-3-5-7-9-11-13-15-14-12-10-8-6-4-2;2*1-4-9-5-11(10(6-17-9)8(2)3)20-12-7-18-14(16)19-13(12)15/h1H,2H3;1H,2H3;5-8H,4H2,1-3H3,(H4,15,16,18,19);4-8H,1H2,2-3H3,(H4,15,16,18,19). The van der Waals surface area contributed by atoms with Crippen LogP contribution in [0.3, 0.4) is 0 Å². The van der Waals surface area contributed by atoms with Gasteiger partial charge >= 0.3 is 0 Å². The van der Waals surface area contributed by atoms with Gasteiger partial charge in [-0.2, -0.15) is 9.97 Å². The summed E-state index contributed by atoms with van der Waals surface area (Å²) >= 11 is 0. The summed E-state index contributed by atoms with van der Waals surface area (Å²) in [4.78, 5) is 24.2. The van der Waals surface area contributed by atoms with Gasteiger partial charge in [0.25, 0.3) is 0 Å². The molecule has 0 radical (unpaired) electrons. The van der Waals surface area contributed by atoms with Crippen LogP contribution in [-0.4, -0.2) is 29.9 Å². The van der Waals surface area contributed by atoms with E-state index in [2.05, 4.69) is 384 Å².